The lowest BCUT2D eigenvalue weighted by molar-refractivity contribution is 0.662. The highest BCUT2D eigenvalue weighted by Gasteiger charge is 2.19. The van der Waals surface area contributed by atoms with E-state index in [4.69, 9.17) is 9.97 Å². The average molecular weight is 398 g/mol. The Morgan fingerprint density at radius 2 is 1.77 bits per heavy atom. The van der Waals surface area contributed by atoms with Crippen LogP contribution in [0.3, 0.4) is 0 Å². The van der Waals surface area contributed by atoms with E-state index in [0.29, 0.717) is 5.95 Å². The minimum atomic E-state index is 0.0843. The van der Waals surface area contributed by atoms with E-state index in [1.54, 1.807) is 0 Å². The third kappa shape index (κ3) is 3.88. The van der Waals surface area contributed by atoms with Crippen LogP contribution in [-0.2, 0) is 19.4 Å². The van der Waals surface area contributed by atoms with Gasteiger partial charge >= 0.3 is 0 Å². The number of hydrogen-bond donors (Lipinski definition) is 3. The molecule has 2 aromatic carbocycles. The molecule has 0 aliphatic heterocycles. The maximum atomic E-state index is 4.87. The van der Waals surface area contributed by atoms with Crippen molar-refractivity contribution in [2.75, 3.05) is 10.6 Å². The molecule has 2 heterocycles. The summed E-state index contributed by atoms with van der Waals surface area (Å²) in [6.07, 6.45) is 4.46. The van der Waals surface area contributed by atoms with Crippen molar-refractivity contribution in [1.29, 1.82) is 0 Å². The van der Waals surface area contributed by atoms with Crippen LogP contribution < -0.4 is 10.6 Å². The quantitative estimate of drug-likeness (QED) is 0.395. The number of benzene rings is 2. The second-order valence-corrected chi connectivity index (χ2v) is 8.05. The Kier molecular flexibility index (Phi) is 5.10. The standard InChI is InChI=1S/C25H27N5/c1-17(23-15-19-11-5-7-13-21(19)28-23)27-25-29-22-14-8-6-12-20(22)24(30-25)26-16-18-9-3-2-4-10-18/h2-5,7,9-11,13,15,17,28H,6,8,12,14,16H2,1H3,(H2,26,27,29,30). The van der Waals surface area contributed by atoms with Crippen LogP contribution in [0, 0.1) is 0 Å². The molecule has 1 aliphatic carbocycles. The van der Waals surface area contributed by atoms with Crippen LogP contribution in [0.15, 0.2) is 60.7 Å². The molecule has 5 nitrogen and oxygen atoms in total. The fourth-order valence-electron chi connectivity index (χ4n) is 4.19. The SMILES string of the molecule is CC(Nc1nc2c(c(NCc3ccccc3)n1)CCCC2)c1cc2ccccc2[nH]1. The largest absolute Gasteiger partial charge is 0.366 e. The molecule has 2 aromatic heterocycles. The van der Waals surface area contributed by atoms with Gasteiger partial charge in [-0.1, -0.05) is 48.5 Å². The molecule has 0 spiro atoms. The van der Waals surface area contributed by atoms with Crippen LogP contribution >= 0.6 is 0 Å². The van der Waals surface area contributed by atoms with Crippen molar-refractivity contribution in [3.05, 3.63) is 83.2 Å². The number of aromatic nitrogens is 3. The molecule has 0 radical (unpaired) electrons. The van der Waals surface area contributed by atoms with Crippen LogP contribution in [0.25, 0.3) is 10.9 Å². The van der Waals surface area contributed by atoms with Gasteiger partial charge in [-0.25, -0.2) is 4.98 Å². The molecular formula is C25H27N5. The number of fused-ring (bicyclic) bond motifs is 2. The lowest BCUT2D eigenvalue weighted by atomic mass is 9.96. The molecule has 1 atom stereocenters. The number of anilines is 2. The van der Waals surface area contributed by atoms with Gasteiger partial charge in [0.05, 0.1) is 11.7 Å². The summed E-state index contributed by atoms with van der Waals surface area (Å²) in [7, 11) is 0. The predicted molar refractivity (Wildman–Crippen MR) is 123 cm³/mol. The minimum Gasteiger partial charge on any atom is -0.366 e. The first kappa shape index (κ1) is 18.7. The summed E-state index contributed by atoms with van der Waals surface area (Å²) in [5.41, 5.74) is 6.00. The molecule has 0 amide bonds. The zero-order chi connectivity index (χ0) is 20.3. The first-order valence-corrected chi connectivity index (χ1v) is 10.8. The molecule has 1 aliphatic rings. The Hall–Kier alpha value is -3.34. The fraction of sp³-hybridized carbons (Fsp3) is 0.280. The number of rotatable bonds is 6. The summed E-state index contributed by atoms with van der Waals surface area (Å²) in [4.78, 5) is 13.3. The van der Waals surface area contributed by atoms with Gasteiger partial charge in [0.2, 0.25) is 5.95 Å². The number of nitrogens with zero attached hydrogens (tertiary/aromatic N) is 2. The van der Waals surface area contributed by atoms with Crippen LogP contribution in [0.5, 0.6) is 0 Å². The van der Waals surface area contributed by atoms with E-state index in [-0.39, 0.29) is 6.04 Å². The predicted octanol–water partition coefficient (Wildman–Crippen LogP) is 5.62. The second kappa shape index (κ2) is 8.19. The van der Waals surface area contributed by atoms with Crippen molar-refractivity contribution in [3.63, 3.8) is 0 Å². The normalized spacial score (nSPS) is 14.3. The number of aromatic amines is 1. The first-order chi connectivity index (χ1) is 14.8. The molecule has 0 saturated carbocycles. The van der Waals surface area contributed by atoms with E-state index in [1.165, 1.54) is 35.0 Å². The summed E-state index contributed by atoms with van der Waals surface area (Å²) in [6.45, 7) is 2.91. The van der Waals surface area contributed by atoms with Crippen molar-refractivity contribution in [1.82, 2.24) is 15.0 Å². The molecule has 5 heteroatoms. The third-order valence-corrected chi connectivity index (χ3v) is 5.85. The van der Waals surface area contributed by atoms with Gasteiger partial charge in [0.25, 0.3) is 0 Å². The molecule has 5 rings (SSSR count). The molecule has 4 aromatic rings. The Labute approximate surface area is 177 Å². The van der Waals surface area contributed by atoms with Gasteiger partial charge in [-0.2, -0.15) is 4.98 Å². The number of aryl methyl sites for hydroxylation is 1. The van der Waals surface area contributed by atoms with Crippen LogP contribution in [-0.4, -0.2) is 15.0 Å². The Morgan fingerprint density at radius 3 is 2.63 bits per heavy atom. The molecule has 0 saturated heterocycles. The smallest absolute Gasteiger partial charge is 0.225 e. The van der Waals surface area contributed by atoms with Gasteiger partial charge in [-0.15, -0.1) is 0 Å². The maximum absolute atomic E-state index is 4.87. The lowest BCUT2D eigenvalue weighted by Crippen LogP contribution is -2.17. The Bertz CT molecular complexity index is 1120. The van der Waals surface area contributed by atoms with Gasteiger partial charge in [-0.3, -0.25) is 0 Å². The van der Waals surface area contributed by atoms with Gasteiger partial charge < -0.3 is 15.6 Å². The van der Waals surface area contributed by atoms with E-state index in [1.807, 2.05) is 6.07 Å². The van der Waals surface area contributed by atoms with Crippen molar-refractivity contribution >= 4 is 22.7 Å². The summed E-state index contributed by atoms with van der Waals surface area (Å²) in [5, 5.41) is 8.30. The number of H-pyrrole nitrogens is 1. The van der Waals surface area contributed by atoms with Crippen molar-refractivity contribution in [3.8, 4) is 0 Å². The van der Waals surface area contributed by atoms with Gasteiger partial charge in [0.1, 0.15) is 5.82 Å². The molecule has 0 fully saturated rings. The van der Waals surface area contributed by atoms with E-state index in [0.717, 1.165) is 36.4 Å². The topological polar surface area (TPSA) is 65.6 Å². The minimum absolute atomic E-state index is 0.0843. The number of hydrogen-bond acceptors (Lipinski definition) is 4. The summed E-state index contributed by atoms with van der Waals surface area (Å²) in [6, 6.07) is 21.1. The van der Waals surface area contributed by atoms with Crippen LogP contribution in [0.4, 0.5) is 11.8 Å². The highest BCUT2D eigenvalue weighted by molar-refractivity contribution is 5.80. The van der Waals surface area contributed by atoms with E-state index in [2.05, 4.69) is 77.1 Å². The summed E-state index contributed by atoms with van der Waals surface area (Å²) < 4.78 is 0. The van der Waals surface area contributed by atoms with Crippen LogP contribution in [0.1, 0.15) is 48.3 Å². The van der Waals surface area contributed by atoms with E-state index in [9.17, 15) is 0 Å². The summed E-state index contributed by atoms with van der Waals surface area (Å²) in [5.74, 6) is 1.66. The van der Waals surface area contributed by atoms with Crippen molar-refractivity contribution in [2.24, 2.45) is 0 Å². The molecule has 0 bridgehead atoms. The van der Waals surface area contributed by atoms with E-state index >= 15 is 0 Å². The first-order valence-electron chi connectivity index (χ1n) is 10.8. The number of para-hydroxylation sites is 1. The zero-order valence-electron chi connectivity index (χ0n) is 17.3. The van der Waals surface area contributed by atoms with Crippen LogP contribution in [0.2, 0.25) is 0 Å². The monoisotopic (exact) mass is 397 g/mol. The second-order valence-electron chi connectivity index (χ2n) is 8.05. The molecule has 152 valence electrons. The van der Waals surface area contributed by atoms with Gasteiger partial charge in [-0.05, 0) is 55.7 Å². The highest BCUT2D eigenvalue weighted by atomic mass is 15.2. The van der Waals surface area contributed by atoms with E-state index < -0.39 is 0 Å². The van der Waals surface area contributed by atoms with Crippen molar-refractivity contribution in [2.45, 2.75) is 45.2 Å². The molecule has 3 N–H and O–H groups in total. The molecule has 30 heavy (non-hydrogen) atoms. The fourth-order valence-corrected chi connectivity index (χ4v) is 4.19. The molecule has 1 unspecified atom stereocenters. The highest BCUT2D eigenvalue weighted by Crippen LogP contribution is 2.29. The van der Waals surface area contributed by atoms with Gasteiger partial charge in [0.15, 0.2) is 0 Å². The Morgan fingerprint density at radius 1 is 0.967 bits per heavy atom. The van der Waals surface area contributed by atoms with Crippen molar-refractivity contribution < 1.29 is 0 Å². The third-order valence-electron chi connectivity index (χ3n) is 5.85. The van der Waals surface area contributed by atoms with Gasteiger partial charge in [0, 0.05) is 23.3 Å². The summed E-state index contributed by atoms with van der Waals surface area (Å²) >= 11 is 0. The maximum Gasteiger partial charge on any atom is 0.225 e. The zero-order valence-corrected chi connectivity index (χ0v) is 17.3. The molecular weight excluding hydrogens is 370 g/mol. The Balaban J connectivity index is 1.40. The average Bonchev–Trinajstić information content (AvgIpc) is 3.23. The lowest BCUT2D eigenvalue weighted by Gasteiger charge is -2.21. The number of nitrogens with one attached hydrogen (secondary N) is 3.